The van der Waals surface area contributed by atoms with E-state index in [0.29, 0.717) is 10.9 Å². The van der Waals surface area contributed by atoms with E-state index in [9.17, 15) is 19.7 Å². The molecule has 2 aromatic carbocycles. The van der Waals surface area contributed by atoms with Crippen LogP contribution in [0.2, 0.25) is 0 Å². The van der Waals surface area contributed by atoms with Crippen LogP contribution in [0.3, 0.4) is 0 Å². The molecule has 0 saturated heterocycles. The second-order valence-electron chi connectivity index (χ2n) is 5.36. The summed E-state index contributed by atoms with van der Waals surface area (Å²) in [5.41, 5.74) is 0.297. The fourth-order valence-electron chi connectivity index (χ4n) is 2.48. The van der Waals surface area contributed by atoms with Crippen LogP contribution >= 0.6 is 0 Å². The van der Waals surface area contributed by atoms with Crippen molar-refractivity contribution in [3.05, 3.63) is 86.3 Å². The fraction of sp³-hybridized carbons (Fsp3) is 0.0526. The average Bonchev–Trinajstić information content (AvgIpc) is 2.65. The van der Waals surface area contributed by atoms with Gasteiger partial charge in [-0.15, -0.1) is 0 Å². The van der Waals surface area contributed by atoms with Crippen molar-refractivity contribution >= 4 is 28.5 Å². The summed E-state index contributed by atoms with van der Waals surface area (Å²) in [6, 6.07) is 11.9. The molecule has 7 heteroatoms. The van der Waals surface area contributed by atoms with Gasteiger partial charge in [0.2, 0.25) is 0 Å². The molecule has 26 heavy (non-hydrogen) atoms. The summed E-state index contributed by atoms with van der Waals surface area (Å²) in [5, 5.41) is 11.3. The summed E-state index contributed by atoms with van der Waals surface area (Å²) in [5.74, 6) is -0.134. The molecular formula is C19H13NO6. The molecule has 1 aromatic heterocycles. The second kappa shape index (κ2) is 7.02. The van der Waals surface area contributed by atoms with E-state index in [0.717, 1.165) is 0 Å². The molecule has 0 unspecified atom stereocenters. The Balaban J connectivity index is 2.00. The minimum Gasteiger partial charge on any atom is -0.496 e. The minimum absolute atomic E-state index is 0.0361. The maximum Gasteiger partial charge on any atom is 0.336 e. The Bertz CT molecular complexity index is 1080. The molecule has 0 radical (unpaired) electrons. The van der Waals surface area contributed by atoms with Crippen LogP contribution in [-0.2, 0) is 0 Å². The van der Waals surface area contributed by atoms with Crippen molar-refractivity contribution in [1.82, 2.24) is 0 Å². The molecule has 0 N–H and O–H groups in total. The largest absolute Gasteiger partial charge is 0.496 e. The van der Waals surface area contributed by atoms with Gasteiger partial charge >= 0.3 is 5.63 Å². The lowest BCUT2D eigenvalue weighted by Gasteiger charge is -2.08. The topological polar surface area (TPSA) is 99.7 Å². The van der Waals surface area contributed by atoms with Gasteiger partial charge in [0.15, 0.2) is 11.4 Å². The van der Waals surface area contributed by atoms with Crippen LogP contribution in [0, 0.1) is 10.1 Å². The highest BCUT2D eigenvalue weighted by Crippen LogP contribution is 2.28. The number of ketones is 1. The van der Waals surface area contributed by atoms with E-state index >= 15 is 0 Å². The highest BCUT2D eigenvalue weighted by Gasteiger charge is 2.17. The Kier molecular flexibility index (Phi) is 4.62. The predicted molar refractivity (Wildman–Crippen MR) is 95.5 cm³/mol. The number of carbonyl (C=O) groups is 1. The first-order valence-electron chi connectivity index (χ1n) is 7.57. The fourth-order valence-corrected chi connectivity index (χ4v) is 2.48. The van der Waals surface area contributed by atoms with Crippen molar-refractivity contribution in [3.8, 4) is 5.75 Å². The molecule has 0 aliphatic heterocycles. The van der Waals surface area contributed by atoms with Crippen molar-refractivity contribution in [3.63, 3.8) is 0 Å². The zero-order valence-corrected chi connectivity index (χ0v) is 13.7. The maximum absolute atomic E-state index is 12.7. The number of ether oxygens (including phenoxy) is 1. The lowest BCUT2D eigenvalue weighted by Crippen LogP contribution is -2.03. The number of allylic oxidation sites excluding steroid dienone is 1. The standard InChI is InChI=1S/C19H13NO6/c1-25-16-10-5-13-6-11-17(22)26-19(13)18(16)15(21)9-4-12-2-7-14(8-3-12)20(23)24/h2-11H,1H3/b9-4+. The Hall–Kier alpha value is -3.74. The van der Waals surface area contributed by atoms with Crippen molar-refractivity contribution in [2.45, 2.75) is 0 Å². The van der Waals surface area contributed by atoms with Gasteiger partial charge in [-0.2, -0.15) is 0 Å². The number of hydrogen-bond donors (Lipinski definition) is 0. The molecule has 130 valence electrons. The molecular weight excluding hydrogens is 338 g/mol. The number of non-ortho nitro benzene ring substituents is 1. The van der Waals surface area contributed by atoms with E-state index in [4.69, 9.17) is 9.15 Å². The number of nitro groups is 1. The van der Waals surface area contributed by atoms with Gasteiger partial charge in [0, 0.05) is 23.6 Å². The number of rotatable bonds is 5. The Morgan fingerprint density at radius 1 is 1.12 bits per heavy atom. The molecule has 7 nitrogen and oxygen atoms in total. The molecule has 0 spiro atoms. The normalized spacial score (nSPS) is 11.0. The summed E-state index contributed by atoms with van der Waals surface area (Å²) < 4.78 is 10.4. The van der Waals surface area contributed by atoms with Crippen LogP contribution in [-0.4, -0.2) is 17.8 Å². The highest BCUT2D eigenvalue weighted by atomic mass is 16.6. The van der Waals surface area contributed by atoms with Crippen LogP contribution in [0.1, 0.15) is 15.9 Å². The predicted octanol–water partition coefficient (Wildman–Crippen LogP) is 3.61. The number of nitrogens with zero attached hydrogens (tertiary/aromatic N) is 1. The molecule has 1 heterocycles. The van der Waals surface area contributed by atoms with E-state index < -0.39 is 16.3 Å². The second-order valence-corrected chi connectivity index (χ2v) is 5.36. The third kappa shape index (κ3) is 3.36. The first-order valence-corrected chi connectivity index (χ1v) is 7.57. The zero-order valence-electron chi connectivity index (χ0n) is 13.7. The number of carbonyl (C=O) groups excluding carboxylic acids is 1. The van der Waals surface area contributed by atoms with E-state index in [1.807, 2.05) is 0 Å². The van der Waals surface area contributed by atoms with Gasteiger partial charge in [-0.3, -0.25) is 14.9 Å². The summed E-state index contributed by atoms with van der Waals surface area (Å²) in [6.45, 7) is 0. The average molecular weight is 351 g/mol. The number of methoxy groups -OCH3 is 1. The summed E-state index contributed by atoms with van der Waals surface area (Å²) in [7, 11) is 1.42. The Labute approximate surface area is 147 Å². The van der Waals surface area contributed by atoms with Gasteiger partial charge in [0.05, 0.1) is 12.0 Å². The van der Waals surface area contributed by atoms with Gasteiger partial charge in [0.25, 0.3) is 5.69 Å². The van der Waals surface area contributed by atoms with Crippen molar-refractivity contribution < 1.29 is 18.9 Å². The quantitative estimate of drug-likeness (QED) is 0.229. The molecule has 3 rings (SSSR count). The van der Waals surface area contributed by atoms with E-state index in [2.05, 4.69) is 0 Å². The maximum atomic E-state index is 12.7. The number of benzene rings is 2. The third-order valence-corrected chi connectivity index (χ3v) is 3.75. The molecule has 0 atom stereocenters. The van der Waals surface area contributed by atoms with Gasteiger partial charge in [-0.1, -0.05) is 6.08 Å². The van der Waals surface area contributed by atoms with E-state index in [-0.39, 0.29) is 22.6 Å². The molecule has 0 aliphatic carbocycles. The summed E-state index contributed by atoms with van der Waals surface area (Å²) in [6.07, 6.45) is 2.82. The van der Waals surface area contributed by atoms with Crippen molar-refractivity contribution in [2.75, 3.05) is 7.11 Å². The lowest BCUT2D eigenvalue weighted by atomic mass is 10.0. The monoisotopic (exact) mass is 351 g/mol. The summed E-state index contributed by atoms with van der Waals surface area (Å²) >= 11 is 0. The van der Waals surface area contributed by atoms with Crippen LogP contribution in [0.15, 0.2) is 63.8 Å². The van der Waals surface area contributed by atoms with Crippen molar-refractivity contribution in [2.24, 2.45) is 0 Å². The van der Waals surface area contributed by atoms with Crippen LogP contribution in [0.4, 0.5) is 5.69 Å². The highest BCUT2D eigenvalue weighted by molar-refractivity contribution is 6.15. The Morgan fingerprint density at radius 2 is 1.81 bits per heavy atom. The molecule has 0 saturated carbocycles. The van der Waals surface area contributed by atoms with Gasteiger partial charge in [0.1, 0.15) is 11.3 Å². The zero-order chi connectivity index (χ0) is 18.7. The van der Waals surface area contributed by atoms with Crippen molar-refractivity contribution in [1.29, 1.82) is 0 Å². The third-order valence-electron chi connectivity index (χ3n) is 3.75. The summed E-state index contributed by atoms with van der Waals surface area (Å²) in [4.78, 5) is 34.4. The van der Waals surface area contributed by atoms with Gasteiger partial charge < -0.3 is 9.15 Å². The SMILES string of the molecule is COc1ccc2ccc(=O)oc2c1C(=O)/C=C/c1ccc([N+](=O)[O-])cc1. The van der Waals surface area contributed by atoms with E-state index in [1.165, 1.54) is 49.6 Å². The van der Waals surface area contributed by atoms with Crippen LogP contribution < -0.4 is 10.4 Å². The molecule has 0 bridgehead atoms. The minimum atomic E-state index is -0.570. The molecule has 3 aromatic rings. The Morgan fingerprint density at radius 3 is 2.46 bits per heavy atom. The van der Waals surface area contributed by atoms with Gasteiger partial charge in [-0.25, -0.2) is 4.79 Å². The molecule has 0 amide bonds. The van der Waals surface area contributed by atoms with Crippen LogP contribution in [0.5, 0.6) is 5.75 Å². The molecule has 0 fully saturated rings. The smallest absolute Gasteiger partial charge is 0.336 e. The molecule has 0 aliphatic rings. The van der Waals surface area contributed by atoms with Gasteiger partial charge in [-0.05, 0) is 42.0 Å². The number of nitro benzene ring substituents is 1. The lowest BCUT2D eigenvalue weighted by molar-refractivity contribution is -0.384. The van der Waals surface area contributed by atoms with Crippen LogP contribution in [0.25, 0.3) is 17.0 Å². The van der Waals surface area contributed by atoms with E-state index in [1.54, 1.807) is 18.2 Å². The first kappa shape index (κ1) is 17.1. The number of hydrogen-bond acceptors (Lipinski definition) is 6. The first-order chi connectivity index (χ1) is 12.5. The number of fused-ring (bicyclic) bond motifs is 1.